The summed E-state index contributed by atoms with van der Waals surface area (Å²) in [6.07, 6.45) is -7.00. The van der Waals surface area contributed by atoms with E-state index < -0.39 is 35.9 Å². The third-order valence-corrected chi connectivity index (χ3v) is 4.16. The molecule has 0 bridgehead atoms. The van der Waals surface area contributed by atoms with Crippen LogP contribution >= 0.6 is 11.3 Å². The van der Waals surface area contributed by atoms with Crippen LogP contribution in [0.4, 0.5) is 22.0 Å². The number of nitrogens with zero attached hydrogens (tertiary/aromatic N) is 1. The third kappa shape index (κ3) is 1.76. The Morgan fingerprint density at radius 2 is 2.00 bits per heavy atom. The number of aliphatic hydroxyl groups excluding tert-OH is 1. The van der Waals surface area contributed by atoms with E-state index >= 15 is 0 Å². The maximum Gasteiger partial charge on any atom is 0.416 e. The number of hydrogen-bond donors (Lipinski definition) is 2. The van der Waals surface area contributed by atoms with Gasteiger partial charge in [0.15, 0.2) is 4.80 Å². The molecule has 0 saturated carbocycles. The zero-order valence-electron chi connectivity index (χ0n) is 9.63. The predicted molar refractivity (Wildman–Crippen MR) is 60.6 cm³/mol. The van der Waals surface area contributed by atoms with Crippen LogP contribution in [0.1, 0.15) is 17.2 Å². The van der Waals surface area contributed by atoms with Crippen molar-refractivity contribution in [1.29, 1.82) is 5.41 Å². The monoisotopic (exact) mass is 310 g/mol. The number of alkyl halides is 5. The van der Waals surface area contributed by atoms with Crippen molar-refractivity contribution in [1.82, 2.24) is 4.57 Å². The van der Waals surface area contributed by atoms with Crippen LogP contribution in [0.15, 0.2) is 12.1 Å². The Morgan fingerprint density at radius 3 is 2.60 bits per heavy atom. The molecule has 0 radical (unpaired) electrons. The molecule has 1 aliphatic rings. The highest BCUT2D eigenvalue weighted by Gasteiger charge is 2.46. The van der Waals surface area contributed by atoms with Crippen molar-refractivity contribution < 1.29 is 27.1 Å². The summed E-state index contributed by atoms with van der Waals surface area (Å²) in [5.41, 5.74) is -1.52. The van der Waals surface area contributed by atoms with E-state index in [4.69, 9.17) is 5.41 Å². The predicted octanol–water partition coefficient (Wildman–Crippen LogP) is 2.88. The number of rotatable bonds is 0. The van der Waals surface area contributed by atoms with Crippen molar-refractivity contribution in [2.75, 3.05) is 0 Å². The van der Waals surface area contributed by atoms with E-state index in [0.717, 1.165) is 10.6 Å². The lowest BCUT2D eigenvalue weighted by Gasteiger charge is -2.29. The van der Waals surface area contributed by atoms with E-state index in [9.17, 15) is 27.1 Å². The summed E-state index contributed by atoms with van der Waals surface area (Å²) in [6.45, 7) is -0.911. The van der Waals surface area contributed by atoms with Crippen molar-refractivity contribution in [2.45, 2.75) is 24.7 Å². The summed E-state index contributed by atoms with van der Waals surface area (Å²) in [7, 11) is 0. The summed E-state index contributed by atoms with van der Waals surface area (Å²) >= 11 is 0.676. The molecule has 108 valence electrons. The van der Waals surface area contributed by atoms with Gasteiger partial charge in [-0.3, -0.25) is 5.41 Å². The van der Waals surface area contributed by atoms with Gasteiger partial charge >= 0.3 is 6.18 Å². The van der Waals surface area contributed by atoms with Crippen LogP contribution in [0.2, 0.25) is 0 Å². The van der Waals surface area contributed by atoms with E-state index in [1.807, 2.05) is 0 Å². The van der Waals surface area contributed by atoms with Gasteiger partial charge in [-0.2, -0.15) is 13.2 Å². The van der Waals surface area contributed by atoms with Crippen LogP contribution in [0.25, 0.3) is 10.2 Å². The van der Waals surface area contributed by atoms with Crippen LogP contribution in [-0.4, -0.2) is 15.6 Å². The van der Waals surface area contributed by atoms with Crippen LogP contribution < -0.4 is 4.80 Å². The van der Waals surface area contributed by atoms with Gasteiger partial charge in [0.25, 0.3) is 5.92 Å². The minimum Gasteiger partial charge on any atom is -0.382 e. The average Bonchev–Trinajstić information content (AvgIpc) is 2.61. The quantitative estimate of drug-likeness (QED) is 0.722. The van der Waals surface area contributed by atoms with Gasteiger partial charge in [-0.1, -0.05) is 11.3 Å². The topological polar surface area (TPSA) is 49.0 Å². The molecule has 3 nitrogen and oxygen atoms in total. The fourth-order valence-corrected chi connectivity index (χ4v) is 3.29. The van der Waals surface area contributed by atoms with Crippen molar-refractivity contribution in [3.05, 3.63) is 28.1 Å². The first-order valence-electron chi connectivity index (χ1n) is 5.46. The minimum absolute atomic E-state index is 0.0642. The maximum atomic E-state index is 13.7. The van der Waals surface area contributed by atoms with Crippen molar-refractivity contribution in [3.63, 3.8) is 0 Å². The molecular formula is C11H7F5N2OS. The van der Waals surface area contributed by atoms with Crippen molar-refractivity contribution in [3.8, 4) is 0 Å². The largest absolute Gasteiger partial charge is 0.416 e. The second kappa shape index (κ2) is 3.79. The summed E-state index contributed by atoms with van der Waals surface area (Å²) in [6, 6.07) is 1.34. The number of aromatic nitrogens is 1. The van der Waals surface area contributed by atoms with E-state index in [1.54, 1.807) is 0 Å². The van der Waals surface area contributed by atoms with Gasteiger partial charge in [0.05, 0.1) is 22.3 Å². The van der Waals surface area contributed by atoms with E-state index in [1.165, 1.54) is 0 Å². The molecule has 0 amide bonds. The zero-order chi connectivity index (χ0) is 14.9. The molecule has 0 aliphatic carbocycles. The third-order valence-electron chi connectivity index (χ3n) is 3.22. The highest BCUT2D eigenvalue weighted by atomic mass is 32.1. The summed E-state index contributed by atoms with van der Waals surface area (Å²) in [5.74, 6) is -3.61. The maximum absolute atomic E-state index is 13.7. The number of aliphatic hydroxyl groups is 1. The van der Waals surface area contributed by atoms with Gasteiger partial charge in [-0.05, 0) is 12.1 Å². The van der Waals surface area contributed by atoms with E-state index in [0.29, 0.717) is 17.4 Å². The number of hydrogen-bond acceptors (Lipinski definition) is 3. The molecule has 3 rings (SSSR count). The SMILES string of the molecule is N=c1sc2cc(C(F)(F)F)cc3c2n1CC(F)(F)C3O. The Morgan fingerprint density at radius 1 is 1.35 bits per heavy atom. The lowest BCUT2D eigenvalue weighted by Crippen LogP contribution is -2.38. The van der Waals surface area contributed by atoms with Crippen LogP contribution in [0.5, 0.6) is 0 Å². The standard InChI is InChI=1S/C11H7F5N2OS/c12-10(13)3-18-7-5(8(10)19)1-4(11(14,15)16)2-6(7)20-9(18)17/h1-2,8,17,19H,3H2. The average molecular weight is 310 g/mol. The first-order valence-corrected chi connectivity index (χ1v) is 6.28. The molecule has 0 spiro atoms. The molecule has 2 N–H and O–H groups in total. The lowest BCUT2D eigenvalue weighted by atomic mass is 9.96. The second-order valence-electron chi connectivity index (χ2n) is 4.57. The molecule has 1 unspecified atom stereocenters. The molecule has 9 heteroatoms. The Kier molecular flexibility index (Phi) is 2.56. The molecule has 20 heavy (non-hydrogen) atoms. The smallest absolute Gasteiger partial charge is 0.382 e. The van der Waals surface area contributed by atoms with E-state index in [2.05, 4.69) is 0 Å². The molecule has 1 aliphatic heterocycles. The van der Waals surface area contributed by atoms with Gasteiger partial charge in [0, 0.05) is 5.56 Å². The first kappa shape index (κ1) is 13.5. The number of thiazole rings is 1. The summed E-state index contributed by atoms with van der Waals surface area (Å²) in [5, 5.41) is 17.2. The highest BCUT2D eigenvalue weighted by Crippen LogP contribution is 2.44. The van der Waals surface area contributed by atoms with Crippen LogP contribution in [-0.2, 0) is 12.7 Å². The van der Waals surface area contributed by atoms with Gasteiger partial charge in [0.2, 0.25) is 0 Å². The van der Waals surface area contributed by atoms with Gasteiger partial charge in [-0.25, -0.2) is 8.78 Å². The normalized spacial score (nSPS) is 21.4. The van der Waals surface area contributed by atoms with E-state index in [-0.39, 0.29) is 15.0 Å². The minimum atomic E-state index is -4.70. The number of nitrogens with one attached hydrogen (secondary N) is 1. The number of benzene rings is 1. The molecule has 1 aromatic heterocycles. The van der Waals surface area contributed by atoms with Gasteiger partial charge in [-0.15, -0.1) is 0 Å². The van der Waals surface area contributed by atoms with Gasteiger partial charge < -0.3 is 9.67 Å². The lowest BCUT2D eigenvalue weighted by molar-refractivity contribution is -0.139. The Labute approximate surface area is 112 Å². The van der Waals surface area contributed by atoms with Crippen LogP contribution in [0, 0.1) is 5.41 Å². The summed E-state index contributed by atoms with van der Waals surface area (Å²) < 4.78 is 66.6. The molecule has 0 saturated heterocycles. The Bertz CT molecular complexity index is 760. The fraction of sp³-hybridized carbons (Fsp3) is 0.364. The molecule has 1 aromatic carbocycles. The molecular weight excluding hydrogens is 303 g/mol. The molecule has 2 heterocycles. The first-order chi connectivity index (χ1) is 9.11. The molecule has 0 fully saturated rings. The van der Waals surface area contributed by atoms with Crippen molar-refractivity contribution >= 4 is 21.6 Å². The second-order valence-corrected chi connectivity index (χ2v) is 5.60. The highest BCUT2D eigenvalue weighted by molar-refractivity contribution is 7.16. The molecule has 1 atom stereocenters. The van der Waals surface area contributed by atoms with Gasteiger partial charge in [0.1, 0.15) is 6.10 Å². The zero-order valence-corrected chi connectivity index (χ0v) is 10.4. The summed E-state index contributed by atoms with van der Waals surface area (Å²) in [4.78, 5) is -0.271. The van der Waals surface area contributed by atoms with Crippen molar-refractivity contribution in [2.24, 2.45) is 0 Å². The Hall–Kier alpha value is -1.48. The number of halogens is 5. The molecule has 2 aromatic rings. The fourth-order valence-electron chi connectivity index (χ4n) is 2.30. The Balaban J connectivity index is 2.41. The van der Waals surface area contributed by atoms with Crippen LogP contribution in [0.3, 0.4) is 0 Å².